The molecule has 1 unspecified atom stereocenters. The third-order valence-corrected chi connectivity index (χ3v) is 4.21. The number of pyridine rings is 1. The molecule has 1 aromatic heterocycles. The van der Waals surface area contributed by atoms with Gasteiger partial charge < -0.3 is 10.2 Å². The molecule has 1 aliphatic heterocycles. The summed E-state index contributed by atoms with van der Waals surface area (Å²) < 4.78 is 0. The summed E-state index contributed by atoms with van der Waals surface area (Å²) >= 11 is 0. The molecule has 1 saturated heterocycles. The molecule has 2 heterocycles. The van der Waals surface area contributed by atoms with Crippen molar-refractivity contribution in [2.75, 3.05) is 18.0 Å². The third kappa shape index (κ3) is 4.20. The zero-order chi connectivity index (χ0) is 14.2. The van der Waals surface area contributed by atoms with Crippen LogP contribution in [0.1, 0.15) is 58.1 Å². The van der Waals surface area contributed by atoms with Crippen LogP contribution < -0.4 is 10.2 Å². The minimum Gasteiger partial charge on any atom is -0.368 e. The maximum absolute atomic E-state index is 4.49. The van der Waals surface area contributed by atoms with Crippen LogP contribution in [0.25, 0.3) is 0 Å². The summed E-state index contributed by atoms with van der Waals surface area (Å²) in [6.07, 6.45) is 9.80. The summed E-state index contributed by atoms with van der Waals surface area (Å²) in [6.45, 7) is 7.65. The van der Waals surface area contributed by atoms with Gasteiger partial charge in [0.25, 0.3) is 0 Å². The Morgan fingerprint density at radius 2 is 2.20 bits per heavy atom. The van der Waals surface area contributed by atoms with Crippen LogP contribution in [0.5, 0.6) is 0 Å². The summed E-state index contributed by atoms with van der Waals surface area (Å²) in [7, 11) is 0. The highest BCUT2D eigenvalue weighted by atomic mass is 15.2. The van der Waals surface area contributed by atoms with E-state index in [1.54, 1.807) is 0 Å². The van der Waals surface area contributed by atoms with Gasteiger partial charge in [0, 0.05) is 31.0 Å². The first-order valence-electron chi connectivity index (χ1n) is 8.27. The summed E-state index contributed by atoms with van der Waals surface area (Å²) in [4.78, 5) is 7.10. The van der Waals surface area contributed by atoms with Gasteiger partial charge in [-0.2, -0.15) is 0 Å². The van der Waals surface area contributed by atoms with Crippen LogP contribution in [0.4, 0.5) is 5.69 Å². The predicted octanol–water partition coefficient (Wildman–Crippen LogP) is 3.74. The van der Waals surface area contributed by atoms with Gasteiger partial charge in [-0.1, -0.05) is 26.7 Å². The Morgan fingerprint density at radius 1 is 1.30 bits per heavy atom. The highest BCUT2D eigenvalue weighted by Crippen LogP contribution is 2.25. The molecule has 20 heavy (non-hydrogen) atoms. The van der Waals surface area contributed by atoms with E-state index in [-0.39, 0.29) is 0 Å². The summed E-state index contributed by atoms with van der Waals surface area (Å²) in [5.74, 6) is 0. The normalized spacial score (nSPS) is 19.9. The van der Waals surface area contributed by atoms with Crippen molar-refractivity contribution in [3.05, 3.63) is 24.0 Å². The fourth-order valence-electron chi connectivity index (χ4n) is 3.08. The molecule has 3 nitrogen and oxygen atoms in total. The zero-order valence-electron chi connectivity index (χ0n) is 13.1. The van der Waals surface area contributed by atoms with Gasteiger partial charge in [0.1, 0.15) is 0 Å². The van der Waals surface area contributed by atoms with Crippen LogP contribution in [-0.2, 0) is 6.54 Å². The zero-order valence-corrected chi connectivity index (χ0v) is 13.1. The van der Waals surface area contributed by atoms with Crippen molar-refractivity contribution in [1.82, 2.24) is 10.3 Å². The molecule has 1 aliphatic rings. The van der Waals surface area contributed by atoms with Gasteiger partial charge in [-0.15, -0.1) is 0 Å². The van der Waals surface area contributed by atoms with Crippen LogP contribution in [-0.4, -0.2) is 24.1 Å². The van der Waals surface area contributed by atoms with Gasteiger partial charge >= 0.3 is 0 Å². The van der Waals surface area contributed by atoms with E-state index in [4.69, 9.17) is 0 Å². The molecule has 1 aromatic rings. The van der Waals surface area contributed by atoms with E-state index in [9.17, 15) is 0 Å². The maximum atomic E-state index is 4.49. The molecule has 2 rings (SSSR count). The molecule has 1 atom stereocenters. The Labute approximate surface area is 123 Å². The van der Waals surface area contributed by atoms with Crippen LogP contribution in [0, 0.1) is 0 Å². The monoisotopic (exact) mass is 275 g/mol. The second-order valence-corrected chi connectivity index (χ2v) is 5.79. The fourth-order valence-corrected chi connectivity index (χ4v) is 3.08. The molecular weight excluding hydrogens is 246 g/mol. The van der Waals surface area contributed by atoms with E-state index in [2.05, 4.69) is 41.2 Å². The first kappa shape index (κ1) is 15.3. The molecule has 0 spiro atoms. The first-order chi connectivity index (χ1) is 9.85. The van der Waals surface area contributed by atoms with Crippen LogP contribution in [0.2, 0.25) is 0 Å². The Hall–Kier alpha value is -1.09. The minimum atomic E-state index is 0.705. The fraction of sp³-hybridized carbons (Fsp3) is 0.706. The van der Waals surface area contributed by atoms with Crippen molar-refractivity contribution in [2.45, 2.75) is 65.0 Å². The first-order valence-corrected chi connectivity index (χ1v) is 8.27. The number of anilines is 1. The highest BCUT2D eigenvalue weighted by molar-refractivity contribution is 5.47. The van der Waals surface area contributed by atoms with Gasteiger partial charge in [-0.3, -0.25) is 4.98 Å². The summed E-state index contributed by atoms with van der Waals surface area (Å²) in [5.41, 5.74) is 2.53. The third-order valence-electron chi connectivity index (χ3n) is 4.21. The van der Waals surface area contributed by atoms with E-state index in [0.29, 0.717) is 6.04 Å². The summed E-state index contributed by atoms with van der Waals surface area (Å²) in [5, 5.41) is 3.44. The number of rotatable bonds is 6. The lowest BCUT2D eigenvalue weighted by Gasteiger charge is -2.31. The quantitative estimate of drug-likeness (QED) is 0.802. The van der Waals surface area contributed by atoms with Crippen LogP contribution in [0.15, 0.2) is 18.3 Å². The van der Waals surface area contributed by atoms with Crippen molar-refractivity contribution in [1.29, 1.82) is 0 Å². The number of hydrogen-bond donors (Lipinski definition) is 1. The van der Waals surface area contributed by atoms with Crippen LogP contribution >= 0.6 is 0 Å². The molecule has 0 aliphatic carbocycles. The molecule has 0 radical (unpaired) electrons. The molecule has 1 fully saturated rings. The van der Waals surface area contributed by atoms with E-state index >= 15 is 0 Å². The number of nitrogens with one attached hydrogen (secondary N) is 1. The lowest BCUT2D eigenvalue weighted by molar-refractivity contribution is 0.555. The van der Waals surface area contributed by atoms with Crippen LogP contribution in [0.3, 0.4) is 0 Å². The molecule has 1 N–H and O–H groups in total. The molecule has 0 amide bonds. The second-order valence-electron chi connectivity index (χ2n) is 5.79. The lowest BCUT2D eigenvalue weighted by Crippen LogP contribution is -2.34. The SMILES string of the molecule is CCCNCc1cc(N2CCCCCC2CC)ccn1. The Bertz CT molecular complexity index is 392. The van der Waals surface area contributed by atoms with Crippen molar-refractivity contribution < 1.29 is 0 Å². The maximum Gasteiger partial charge on any atom is 0.0562 e. The van der Waals surface area contributed by atoms with Gasteiger partial charge in [0.15, 0.2) is 0 Å². The van der Waals surface area contributed by atoms with Gasteiger partial charge in [-0.05, 0) is 44.4 Å². The second kappa shape index (κ2) is 8.25. The van der Waals surface area contributed by atoms with Gasteiger partial charge in [0.05, 0.1) is 5.69 Å². The van der Waals surface area contributed by atoms with Crippen molar-refractivity contribution >= 4 is 5.69 Å². The largest absolute Gasteiger partial charge is 0.368 e. The predicted molar refractivity (Wildman–Crippen MR) is 86.1 cm³/mol. The molecule has 0 bridgehead atoms. The van der Waals surface area contributed by atoms with Gasteiger partial charge in [-0.25, -0.2) is 0 Å². The standard InChI is InChI=1S/C17H29N3/c1-3-10-18-14-15-13-17(9-11-19-15)20-12-7-5-6-8-16(20)4-2/h9,11,13,16,18H,3-8,10,12,14H2,1-2H3. The topological polar surface area (TPSA) is 28.2 Å². The van der Waals surface area contributed by atoms with E-state index in [0.717, 1.165) is 18.8 Å². The average molecular weight is 275 g/mol. The number of hydrogen-bond acceptors (Lipinski definition) is 3. The lowest BCUT2D eigenvalue weighted by atomic mass is 10.1. The Morgan fingerprint density at radius 3 is 3.00 bits per heavy atom. The van der Waals surface area contributed by atoms with Crippen molar-refractivity contribution in [3.63, 3.8) is 0 Å². The Balaban J connectivity index is 2.07. The average Bonchev–Trinajstić information content (AvgIpc) is 2.73. The summed E-state index contributed by atoms with van der Waals surface area (Å²) in [6, 6.07) is 5.16. The molecule has 3 heteroatoms. The smallest absolute Gasteiger partial charge is 0.0562 e. The number of aromatic nitrogens is 1. The number of nitrogens with zero attached hydrogens (tertiary/aromatic N) is 2. The highest BCUT2D eigenvalue weighted by Gasteiger charge is 2.19. The van der Waals surface area contributed by atoms with Gasteiger partial charge in [0.2, 0.25) is 0 Å². The van der Waals surface area contributed by atoms with E-state index in [1.807, 2.05) is 6.20 Å². The molecular formula is C17H29N3. The molecule has 0 saturated carbocycles. The van der Waals surface area contributed by atoms with E-state index in [1.165, 1.54) is 50.8 Å². The molecule has 0 aromatic carbocycles. The Kier molecular flexibility index (Phi) is 6.31. The van der Waals surface area contributed by atoms with Crippen molar-refractivity contribution in [2.24, 2.45) is 0 Å². The molecule has 112 valence electrons. The van der Waals surface area contributed by atoms with Crippen molar-refractivity contribution in [3.8, 4) is 0 Å². The minimum absolute atomic E-state index is 0.705. The van der Waals surface area contributed by atoms with E-state index < -0.39 is 0 Å².